The molecule has 0 radical (unpaired) electrons. The van der Waals surface area contributed by atoms with Gasteiger partial charge in [0.25, 0.3) is 5.91 Å². The Hall–Kier alpha value is -3.06. The molecule has 2 aliphatic heterocycles. The van der Waals surface area contributed by atoms with Crippen molar-refractivity contribution in [2.75, 3.05) is 43.1 Å². The number of carbonyl (C=O) groups is 2. The molecule has 0 spiro atoms. The molecule has 0 bridgehead atoms. The lowest BCUT2D eigenvalue weighted by atomic mass is 10.1. The van der Waals surface area contributed by atoms with Gasteiger partial charge in [0.15, 0.2) is 6.04 Å². The number of phenols is 1. The normalized spacial score (nSPS) is 20.7. The number of quaternary nitrogens is 1. The van der Waals surface area contributed by atoms with Crippen molar-refractivity contribution in [1.82, 2.24) is 0 Å². The van der Waals surface area contributed by atoms with E-state index in [1.54, 1.807) is 43.5 Å². The van der Waals surface area contributed by atoms with Crippen molar-refractivity contribution in [1.29, 1.82) is 0 Å². The maximum absolute atomic E-state index is 13.0. The van der Waals surface area contributed by atoms with Crippen molar-refractivity contribution in [3.63, 3.8) is 0 Å². The molecule has 0 aromatic heterocycles. The Kier molecular flexibility index (Phi) is 4.92. The molecular formula is C21H24N3O4+. The minimum Gasteiger partial charge on any atom is -0.506 e. The topological polar surface area (TPSA) is 74.5 Å². The van der Waals surface area contributed by atoms with Gasteiger partial charge in [-0.1, -0.05) is 12.1 Å². The zero-order valence-electron chi connectivity index (χ0n) is 15.8. The molecule has 2 N–H and O–H groups in total. The molecule has 7 heteroatoms. The lowest BCUT2D eigenvalue weighted by molar-refractivity contribution is -0.915. The van der Waals surface area contributed by atoms with Crippen molar-refractivity contribution in [3.8, 4) is 11.5 Å². The molecular weight excluding hydrogens is 358 g/mol. The maximum atomic E-state index is 13.0. The van der Waals surface area contributed by atoms with Gasteiger partial charge in [-0.05, 0) is 36.4 Å². The molecule has 1 atom stereocenters. The first-order valence-electron chi connectivity index (χ1n) is 9.47. The lowest BCUT2D eigenvalue weighted by Gasteiger charge is -2.35. The number of para-hydroxylation sites is 2. The van der Waals surface area contributed by atoms with Gasteiger partial charge in [-0.2, -0.15) is 0 Å². The average Bonchev–Trinajstić information content (AvgIpc) is 3.03. The standard InChI is InChI=1S/C21H23N3O4/c1-28-16-8-6-15(7-9-16)24-20(26)14-18(21(24)27)23-12-10-22(11-13-23)17-4-2-3-5-19(17)25/h2-9,18,25H,10-14H2,1H3/p+1/t18-/m1/s1. The van der Waals surface area contributed by atoms with Crippen LogP contribution >= 0.6 is 0 Å². The number of benzene rings is 2. The molecule has 2 aromatic rings. The highest BCUT2D eigenvalue weighted by atomic mass is 16.5. The van der Waals surface area contributed by atoms with Crippen LogP contribution in [-0.4, -0.2) is 56.3 Å². The number of amides is 2. The predicted molar refractivity (Wildman–Crippen MR) is 105 cm³/mol. The molecule has 0 aliphatic carbocycles. The summed E-state index contributed by atoms with van der Waals surface area (Å²) >= 11 is 0. The summed E-state index contributed by atoms with van der Waals surface area (Å²) in [6.45, 7) is 2.95. The van der Waals surface area contributed by atoms with E-state index in [0.717, 1.165) is 36.8 Å². The first-order valence-corrected chi connectivity index (χ1v) is 9.47. The summed E-state index contributed by atoms with van der Waals surface area (Å²) < 4.78 is 5.14. The van der Waals surface area contributed by atoms with Crippen LogP contribution in [0.1, 0.15) is 6.42 Å². The third kappa shape index (κ3) is 3.29. The van der Waals surface area contributed by atoms with Crippen LogP contribution in [0.3, 0.4) is 0 Å². The molecule has 146 valence electrons. The highest BCUT2D eigenvalue weighted by Gasteiger charge is 2.46. The highest BCUT2D eigenvalue weighted by molar-refractivity contribution is 6.21. The van der Waals surface area contributed by atoms with E-state index >= 15 is 0 Å². The third-order valence-corrected chi connectivity index (χ3v) is 5.60. The van der Waals surface area contributed by atoms with Gasteiger partial charge in [-0.3, -0.25) is 9.59 Å². The summed E-state index contributed by atoms with van der Waals surface area (Å²) in [5, 5.41) is 10.1. The van der Waals surface area contributed by atoms with Gasteiger partial charge in [-0.15, -0.1) is 0 Å². The summed E-state index contributed by atoms with van der Waals surface area (Å²) in [6.07, 6.45) is 0.233. The van der Waals surface area contributed by atoms with Crippen LogP contribution < -0.4 is 19.4 Å². The third-order valence-electron chi connectivity index (χ3n) is 5.60. The van der Waals surface area contributed by atoms with Gasteiger partial charge >= 0.3 is 0 Å². The first kappa shape index (κ1) is 18.3. The van der Waals surface area contributed by atoms with Crippen molar-refractivity contribution in [2.24, 2.45) is 0 Å². The molecule has 2 fully saturated rings. The van der Waals surface area contributed by atoms with Gasteiger partial charge in [-0.25, -0.2) is 4.90 Å². The van der Waals surface area contributed by atoms with Crippen molar-refractivity contribution >= 4 is 23.2 Å². The summed E-state index contributed by atoms with van der Waals surface area (Å²) in [5.41, 5.74) is 1.40. The van der Waals surface area contributed by atoms with Crippen molar-refractivity contribution in [2.45, 2.75) is 12.5 Å². The summed E-state index contributed by atoms with van der Waals surface area (Å²) in [5.74, 6) is 0.658. The number of imide groups is 1. The van der Waals surface area contributed by atoms with Gasteiger partial charge in [0, 0.05) is 0 Å². The predicted octanol–water partition coefficient (Wildman–Crippen LogP) is 0.438. The van der Waals surface area contributed by atoms with Crippen LogP contribution in [0.2, 0.25) is 0 Å². The number of nitrogens with one attached hydrogen (secondary N) is 1. The van der Waals surface area contributed by atoms with Gasteiger partial charge in [0.1, 0.15) is 11.5 Å². The Bertz CT molecular complexity index is 875. The largest absolute Gasteiger partial charge is 0.506 e. The van der Waals surface area contributed by atoms with Gasteiger partial charge < -0.3 is 19.6 Å². The lowest BCUT2D eigenvalue weighted by Crippen LogP contribution is -3.19. The molecule has 7 nitrogen and oxygen atoms in total. The fraction of sp³-hybridized carbons (Fsp3) is 0.333. The van der Waals surface area contributed by atoms with Crippen LogP contribution in [0.25, 0.3) is 0 Å². The van der Waals surface area contributed by atoms with E-state index in [1.807, 2.05) is 12.1 Å². The van der Waals surface area contributed by atoms with Crippen LogP contribution in [0, 0.1) is 0 Å². The number of nitrogens with zero attached hydrogens (tertiary/aromatic N) is 2. The fourth-order valence-corrected chi connectivity index (χ4v) is 4.07. The Morgan fingerprint density at radius 2 is 1.71 bits per heavy atom. The number of piperazine rings is 1. The van der Waals surface area contributed by atoms with E-state index in [4.69, 9.17) is 4.74 Å². The van der Waals surface area contributed by atoms with E-state index in [2.05, 4.69) is 4.90 Å². The van der Waals surface area contributed by atoms with E-state index in [-0.39, 0.29) is 30.0 Å². The second kappa shape index (κ2) is 7.52. The fourth-order valence-electron chi connectivity index (χ4n) is 4.07. The number of ether oxygens (including phenoxy) is 1. The number of carbonyl (C=O) groups excluding carboxylic acids is 2. The minimum absolute atomic E-state index is 0.138. The first-order chi connectivity index (χ1) is 13.6. The second-order valence-electron chi connectivity index (χ2n) is 7.16. The smallest absolute Gasteiger partial charge is 0.292 e. The molecule has 0 saturated carbocycles. The number of hydrogen-bond acceptors (Lipinski definition) is 5. The molecule has 4 rings (SSSR count). The maximum Gasteiger partial charge on any atom is 0.292 e. The van der Waals surface area contributed by atoms with E-state index in [9.17, 15) is 14.7 Å². The summed E-state index contributed by atoms with van der Waals surface area (Å²) in [7, 11) is 1.58. The van der Waals surface area contributed by atoms with Gasteiger partial charge in [0.05, 0.1) is 51.1 Å². The zero-order chi connectivity index (χ0) is 19.7. The molecule has 28 heavy (non-hydrogen) atoms. The number of hydrogen-bond donors (Lipinski definition) is 2. The SMILES string of the molecule is COc1ccc(N2C(=O)C[C@@H]([NH+]3CCN(c4ccccc4O)CC3)C2=O)cc1. The van der Waals surface area contributed by atoms with Crippen LogP contribution in [0.5, 0.6) is 11.5 Å². The molecule has 2 aromatic carbocycles. The quantitative estimate of drug-likeness (QED) is 0.751. The van der Waals surface area contributed by atoms with E-state index in [1.165, 1.54) is 4.90 Å². The van der Waals surface area contributed by atoms with Gasteiger partial charge in [0.2, 0.25) is 5.91 Å². The Balaban J connectivity index is 1.44. The average molecular weight is 382 g/mol. The monoisotopic (exact) mass is 382 g/mol. The summed E-state index contributed by atoms with van der Waals surface area (Å²) in [4.78, 5) is 30.1. The second-order valence-corrected chi connectivity index (χ2v) is 7.16. The minimum atomic E-state index is -0.346. The number of aromatic hydroxyl groups is 1. The van der Waals surface area contributed by atoms with E-state index in [0.29, 0.717) is 11.4 Å². The summed E-state index contributed by atoms with van der Waals surface area (Å²) in [6, 6.07) is 13.9. The van der Waals surface area contributed by atoms with E-state index < -0.39 is 0 Å². The van der Waals surface area contributed by atoms with Crippen LogP contribution in [0.15, 0.2) is 48.5 Å². The zero-order valence-corrected chi connectivity index (χ0v) is 15.8. The number of methoxy groups -OCH3 is 1. The van der Waals surface area contributed by atoms with Crippen molar-refractivity contribution in [3.05, 3.63) is 48.5 Å². The number of anilines is 2. The molecule has 2 amide bonds. The molecule has 2 heterocycles. The number of rotatable bonds is 4. The molecule has 2 aliphatic rings. The van der Waals surface area contributed by atoms with Crippen LogP contribution in [-0.2, 0) is 9.59 Å². The van der Waals surface area contributed by atoms with Crippen molar-refractivity contribution < 1.29 is 24.3 Å². The Morgan fingerprint density at radius 3 is 2.36 bits per heavy atom. The highest BCUT2D eigenvalue weighted by Crippen LogP contribution is 2.27. The molecule has 0 unspecified atom stereocenters. The Morgan fingerprint density at radius 1 is 1.04 bits per heavy atom. The van der Waals surface area contributed by atoms with Crippen LogP contribution in [0.4, 0.5) is 11.4 Å². The Labute approximate surface area is 163 Å². The molecule has 2 saturated heterocycles. The number of phenolic OH excluding ortho intramolecular Hbond substituents is 1.